The van der Waals surface area contributed by atoms with Crippen LogP contribution in [0.4, 0.5) is 5.82 Å². The maximum Gasteiger partial charge on any atom is 0.234 e. The van der Waals surface area contributed by atoms with Crippen LogP contribution in [0.25, 0.3) is 0 Å². The summed E-state index contributed by atoms with van der Waals surface area (Å²) in [4.78, 5) is 22.1. The van der Waals surface area contributed by atoms with E-state index in [9.17, 15) is 4.79 Å². The average molecular weight is 254 g/mol. The largest absolute Gasteiger partial charge is 0.296 e. The summed E-state index contributed by atoms with van der Waals surface area (Å²) in [5.41, 5.74) is -0.211. The number of amides is 1. The number of halogens is 1. The van der Waals surface area contributed by atoms with Crippen LogP contribution in [0.3, 0.4) is 0 Å². The lowest BCUT2D eigenvalue weighted by Crippen LogP contribution is -2.34. The summed E-state index contributed by atoms with van der Waals surface area (Å²) in [6.07, 6.45) is 4.21. The SMILES string of the molecule is CCC1(CC)CCN(c2ccnc(Cl)n2)C1=O. The van der Waals surface area contributed by atoms with Crippen LogP contribution in [0.2, 0.25) is 5.28 Å². The molecule has 0 radical (unpaired) electrons. The van der Waals surface area contributed by atoms with Crippen LogP contribution in [-0.2, 0) is 4.79 Å². The number of carbonyl (C=O) groups excluding carboxylic acids is 1. The predicted molar refractivity (Wildman–Crippen MR) is 67.0 cm³/mol. The zero-order chi connectivity index (χ0) is 12.5. The Balaban J connectivity index is 2.29. The Morgan fingerprint density at radius 2 is 2.18 bits per heavy atom. The van der Waals surface area contributed by atoms with E-state index >= 15 is 0 Å². The molecule has 0 spiro atoms. The third kappa shape index (κ3) is 2.02. The zero-order valence-electron chi connectivity index (χ0n) is 10.1. The predicted octanol–water partition coefficient (Wildman–Crippen LogP) is 2.67. The Hall–Kier alpha value is -1.16. The summed E-state index contributed by atoms with van der Waals surface area (Å²) in [5.74, 6) is 0.774. The average Bonchev–Trinajstić information content (AvgIpc) is 2.67. The molecule has 1 aromatic heterocycles. The molecule has 1 aromatic rings. The molecule has 2 rings (SSSR count). The molecule has 0 aromatic carbocycles. The summed E-state index contributed by atoms with van der Waals surface area (Å²) >= 11 is 5.75. The van der Waals surface area contributed by atoms with Crippen LogP contribution < -0.4 is 4.90 Å². The first kappa shape index (κ1) is 12.3. The molecule has 92 valence electrons. The summed E-state index contributed by atoms with van der Waals surface area (Å²) < 4.78 is 0. The van der Waals surface area contributed by atoms with Crippen LogP contribution in [0.5, 0.6) is 0 Å². The van der Waals surface area contributed by atoms with Crippen molar-refractivity contribution in [2.75, 3.05) is 11.4 Å². The molecule has 0 bridgehead atoms. The lowest BCUT2D eigenvalue weighted by atomic mass is 9.81. The highest BCUT2D eigenvalue weighted by Crippen LogP contribution is 2.39. The topological polar surface area (TPSA) is 46.1 Å². The Morgan fingerprint density at radius 1 is 1.47 bits per heavy atom. The Bertz CT molecular complexity index is 432. The van der Waals surface area contributed by atoms with Gasteiger partial charge in [-0.25, -0.2) is 9.97 Å². The fourth-order valence-electron chi connectivity index (χ4n) is 2.42. The van der Waals surface area contributed by atoms with Gasteiger partial charge >= 0.3 is 0 Å². The van der Waals surface area contributed by atoms with Gasteiger partial charge in [0.1, 0.15) is 5.82 Å². The number of hydrogen-bond donors (Lipinski definition) is 0. The molecule has 1 saturated heterocycles. The number of nitrogens with zero attached hydrogens (tertiary/aromatic N) is 3. The molecule has 4 nitrogen and oxygen atoms in total. The smallest absolute Gasteiger partial charge is 0.234 e. The minimum Gasteiger partial charge on any atom is -0.296 e. The van der Waals surface area contributed by atoms with Gasteiger partial charge in [0.05, 0.1) is 5.41 Å². The number of anilines is 1. The van der Waals surface area contributed by atoms with Gasteiger partial charge in [0, 0.05) is 12.7 Å². The van der Waals surface area contributed by atoms with Crippen LogP contribution in [-0.4, -0.2) is 22.4 Å². The molecule has 0 aliphatic carbocycles. The number of rotatable bonds is 3. The first-order valence-electron chi connectivity index (χ1n) is 5.93. The zero-order valence-corrected chi connectivity index (χ0v) is 10.9. The molecule has 1 amide bonds. The lowest BCUT2D eigenvalue weighted by molar-refractivity contribution is -0.125. The molecule has 1 aliphatic rings. The summed E-state index contributed by atoms with van der Waals surface area (Å²) in [5, 5.41) is 0.181. The highest BCUT2D eigenvalue weighted by molar-refractivity contribution is 6.28. The fourth-order valence-corrected chi connectivity index (χ4v) is 2.56. The van der Waals surface area contributed by atoms with E-state index < -0.39 is 0 Å². The molecule has 0 saturated carbocycles. The van der Waals surface area contributed by atoms with Crippen molar-refractivity contribution in [1.82, 2.24) is 9.97 Å². The van der Waals surface area contributed by atoms with Gasteiger partial charge < -0.3 is 0 Å². The van der Waals surface area contributed by atoms with Crippen molar-refractivity contribution in [3.05, 3.63) is 17.5 Å². The van der Waals surface area contributed by atoms with Crippen molar-refractivity contribution in [3.8, 4) is 0 Å². The van der Waals surface area contributed by atoms with E-state index in [0.717, 1.165) is 19.3 Å². The van der Waals surface area contributed by atoms with Gasteiger partial charge in [0.2, 0.25) is 11.2 Å². The minimum atomic E-state index is -0.211. The van der Waals surface area contributed by atoms with Crippen molar-refractivity contribution < 1.29 is 4.79 Å². The second-order valence-electron chi connectivity index (χ2n) is 4.38. The van der Waals surface area contributed by atoms with Gasteiger partial charge in [-0.05, 0) is 36.9 Å². The van der Waals surface area contributed by atoms with E-state index in [1.807, 2.05) is 0 Å². The Kier molecular flexibility index (Phi) is 3.33. The molecule has 17 heavy (non-hydrogen) atoms. The molecule has 0 N–H and O–H groups in total. The van der Waals surface area contributed by atoms with Crippen molar-refractivity contribution in [3.63, 3.8) is 0 Å². The Morgan fingerprint density at radius 3 is 2.71 bits per heavy atom. The minimum absolute atomic E-state index is 0.164. The van der Waals surface area contributed by atoms with Gasteiger partial charge in [0.25, 0.3) is 0 Å². The van der Waals surface area contributed by atoms with Gasteiger partial charge in [-0.2, -0.15) is 0 Å². The number of hydrogen-bond acceptors (Lipinski definition) is 3. The van der Waals surface area contributed by atoms with Crippen molar-refractivity contribution >= 4 is 23.3 Å². The van der Waals surface area contributed by atoms with Crippen molar-refractivity contribution in [2.45, 2.75) is 33.1 Å². The molecule has 5 heteroatoms. The van der Waals surface area contributed by atoms with Crippen molar-refractivity contribution in [2.24, 2.45) is 5.41 Å². The maximum absolute atomic E-state index is 12.4. The summed E-state index contributed by atoms with van der Waals surface area (Å²) in [6.45, 7) is 4.85. The van der Waals surface area contributed by atoms with E-state index in [1.165, 1.54) is 0 Å². The first-order chi connectivity index (χ1) is 8.13. The summed E-state index contributed by atoms with van der Waals surface area (Å²) in [7, 11) is 0. The fraction of sp³-hybridized carbons (Fsp3) is 0.583. The van der Waals surface area contributed by atoms with Crippen LogP contribution in [0.15, 0.2) is 12.3 Å². The standard InChI is InChI=1S/C12H16ClN3O/c1-3-12(4-2)6-8-16(10(12)17)9-5-7-14-11(13)15-9/h5,7H,3-4,6,8H2,1-2H3. The number of aromatic nitrogens is 2. The molecular weight excluding hydrogens is 238 g/mol. The van der Waals surface area contributed by atoms with E-state index in [-0.39, 0.29) is 16.6 Å². The van der Waals surface area contributed by atoms with Gasteiger partial charge in [-0.15, -0.1) is 0 Å². The molecular formula is C12H16ClN3O. The highest BCUT2D eigenvalue weighted by atomic mass is 35.5. The van der Waals surface area contributed by atoms with Gasteiger partial charge in [-0.3, -0.25) is 9.69 Å². The van der Waals surface area contributed by atoms with Crippen LogP contribution in [0, 0.1) is 5.41 Å². The molecule has 1 fully saturated rings. The van der Waals surface area contributed by atoms with Gasteiger partial charge in [0.15, 0.2) is 0 Å². The van der Waals surface area contributed by atoms with Crippen LogP contribution >= 0.6 is 11.6 Å². The number of carbonyl (C=O) groups is 1. The monoisotopic (exact) mass is 253 g/mol. The highest BCUT2D eigenvalue weighted by Gasteiger charge is 2.44. The van der Waals surface area contributed by atoms with E-state index in [0.29, 0.717) is 12.4 Å². The van der Waals surface area contributed by atoms with Gasteiger partial charge in [-0.1, -0.05) is 13.8 Å². The second-order valence-corrected chi connectivity index (χ2v) is 4.72. The molecule has 0 unspecified atom stereocenters. The van der Waals surface area contributed by atoms with E-state index in [2.05, 4.69) is 23.8 Å². The van der Waals surface area contributed by atoms with E-state index in [4.69, 9.17) is 11.6 Å². The first-order valence-corrected chi connectivity index (χ1v) is 6.31. The maximum atomic E-state index is 12.4. The van der Waals surface area contributed by atoms with Crippen molar-refractivity contribution in [1.29, 1.82) is 0 Å². The molecule has 2 heterocycles. The van der Waals surface area contributed by atoms with E-state index in [1.54, 1.807) is 17.2 Å². The Labute approximate surface area is 106 Å². The third-order valence-corrected chi connectivity index (χ3v) is 3.94. The molecule has 1 aliphatic heterocycles. The second kappa shape index (κ2) is 4.61. The summed E-state index contributed by atoms with van der Waals surface area (Å²) in [6, 6.07) is 1.73. The molecule has 0 atom stereocenters. The third-order valence-electron chi connectivity index (χ3n) is 3.75. The quantitative estimate of drug-likeness (QED) is 0.778. The lowest BCUT2D eigenvalue weighted by Gasteiger charge is -2.24. The van der Waals surface area contributed by atoms with Crippen LogP contribution in [0.1, 0.15) is 33.1 Å². The normalized spacial score (nSPS) is 18.8.